The Morgan fingerprint density at radius 1 is 1.32 bits per heavy atom. The first-order valence-corrected chi connectivity index (χ1v) is 9.28. The van der Waals surface area contributed by atoms with E-state index in [-0.39, 0.29) is 0 Å². The molecule has 118 valence electrons. The fourth-order valence-electron chi connectivity index (χ4n) is 3.48. The predicted molar refractivity (Wildman–Crippen MR) is 88.8 cm³/mol. The Balaban J connectivity index is 1.67. The van der Waals surface area contributed by atoms with E-state index >= 15 is 0 Å². The molecule has 1 saturated heterocycles. The van der Waals surface area contributed by atoms with E-state index in [4.69, 9.17) is 21.3 Å². The maximum absolute atomic E-state index is 6.52. The van der Waals surface area contributed by atoms with Gasteiger partial charge >= 0.3 is 0 Å². The predicted octanol–water partition coefficient (Wildman–Crippen LogP) is 1.88. The van der Waals surface area contributed by atoms with Crippen LogP contribution in [0.5, 0.6) is 0 Å². The second-order valence-electron chi connectivity index (χ2n) is 6.50. The maximum Gasteiger partial charge on any atom is 0.186 e. The molecule has 0 radical (unpaired) electrons. The molecule has 2 aromatic heterocycles. The van der Waals surface area contributed by atoms with Crippen molar-refractivity contribution in [1.29, 1.82) is 0 Å². The van der Waals surface area contributed by atoms with Crippen molar-refractivity contribution in [3.05, 3.63) is 21.4 Å². The van der Waals surface area contributed by atoms with Gasteiger partial charge < -0.3 is 9.64 Å². The highest BCUT2D eigenvalue weighted by atomic mass is 35.5. The van der Waals surface area contributed by atoms with E-state index in [1.165, 1.54) is 21.8 Å². The van der Waals surface area contributed by atoms with E-state index in [0.29, 0.717) is 5.15 Å². The van der Waals surface area contributed by atoms with Gasteiger partial charge in [0, 0.05) is 4.88 Å². The first kappa shape index (κ1) is 14.8. The number of hydrogen-bond donors (Lipinski definition) is 1. The van der Waals surface area contributed by atoms with Crippen LogP contribution in [0.4, 0.5) is 0 Å². The third-order valence-corrected chi connectivity index (χ3v) is 6.19. The molecule has 1 atom stereocenters. The minimum atomic E-state index is 0.653. The van der Waals surface area contributed by atoms with E-state index in [1.807, 2.05) is 11.3 Å². The van der Waals surface area contributed by atoms with Gasteiger partial charge in [-0.3, -0.25) is 0 Å². The first-order valence-electron chi connectivity index (χ1n) is 8.08. The summed E-state index contributed by atoms with van der Waals surface area (Å²) in [6.07, 6.45) is 3.53. The lowest BCUT2D eigenvalue weighted by atomic mass is 9.89. The van der Waals surface area contributed by atoms with Crippen LogP contribution in [-0.2, 0) is 24.1 Å². The highest BCUT2D eigenvalue weighted by Crippen LogP contribution is 2.39. The number of halogens is 1. The average Bonchev–Trinajstić information content (AvgIpc) is 2.85. The molecule has 0 amide bonds. The average molecular weight is 339 g/mol. The normalized spacial score (nSPS) is 22.9. The number of aryl methyl sites for hydroxylation is 1. The van der Waals surface area contributed by atoms with Gasteiger partial charge in [-0.25, -0.2) is 9.97 Å². The van der Waals surface area contributed by atoms with Gasteiger partial charge in [0.05, 0.1) is 18.6 Å². The molecule has 1 aliphatic heterocycles. The number of morpholine rings is 1. The van der Waals surface area contributed by atoms with Crippen molar-refractivity contribution >= 4 is 33.2 Å². The zero-order valence-electron chi connectivity index (χ0n) is 12.8. The number of quaternary nitrogens is 1. The van der Waals surface area contributed by atoms with Gasteiger partial charge in [0.25, 0.3) is 0 Å². The Morgan fingerprint density at radius 2 is 2.14 bits per heavy atom. The van der Waals surface area contributed by atoms with Crippen LogP contribution in [0.15, 0.2) is 0 Å². The smallest absolute Gasteiger partial charge is 0.186 e. The summed E-state index contributed by atoms with van der Waals surface area (Å²) in [6.45, 7) is 6.88. The van der Waals surface area contributed by atoms with Crippen LogP contribution in [0.25, 0.3) is 10.2 Å². The zero-order valence-corrected chi connectivity index (χ0v) is 14.4. The Bertz CT molecular complexity index is 696. The van der Waals surface area contributed by atoms with Crippen LogP contribution in [0.2, 0.25) is 5.15 Å². The quantitative estimate of drug-likeness (QED) is 0.850. The lowest BCUT2D eigenvalue weighted by Crippen LogP contribution is -3.12. The third kappa shape index (κ3) is 2.75. The Labute approximate surface area is 139 Å². The van der Waals surface area contributed by atoms with Crippen LogP contribution in [-0.4, -0.2) is 36.3 Å². The van der Waals surface area contributed by atoms with Gasteiger partial charge in [-0.1, -0.05) is 18.5 Å². The first-order chi connectivity index (χ1) is 10.7. The monoisotopic (exact) mass is 338 g/mol. The van der Waals surface area contributed by atoms with Gasteiger partial charge in [-0.05, 0) is 30.7 Å². The number of hydrogen-bond acceptors (Lipinski definition) is 4. The van der Waals surface area contributed by atoms with E-state index in [0.717, 1.165) is 67.6 Å². The van der Waals surface area contributed by atoms with E-state index in [1.54, 1.807) is 0 Å². The fraction of sp³-hybridized carbons (Fsp3) is 0.625. The van der Waals surface area contributed by atoms with Crippen molar-refractivity contribution in [3.8, 4) is 0 Å². The van der Waals surface area contributed by atoms with Crippen molar-refractivity contribution in [2.24, 2.45) is 5.92 Å². The van der Waals surface area contributed by atoms with Crippen molar-refractivity contribution in [1.82, 2.24) is 9.97 Å². The van der Waals surface area contributed by atoms with Gasteiger partial charge in [0.2, 0.25) is 0 Å². The number of nitrogens with one attached hydrogen (secondary N) is 1. The van der Waals surface area contributed by atoms with E-state index in [9.17, 15) is 0 Å². The van der Waals surface area contributed by atoms with Crippen molar-refractivity contribution in [2.75, 3.05) is 26.3 Å². The highest BCUT2D eigenvalue weighted by molar-refractivity contribution is 7.19. The summed E-state index contributed by atoms with van der Waals surface area (Å²) in [6, 6.07) is 0. The van der Waals surface area contributed by atoms with Crippen LogP contribution < -0.4 is 4.90 Å². The number of rotatable bonds is 2. The standard InChI is InChI=1S/C16H20ClN3OS/c1-10-2-3-11-12(8-10)22-16-14(11)15(17)18-13(19-16)9-20-4-6-21-7-5-20/h10H,2-9H2,1H3/p+1/t10-/m1/s1. The molecule has 0 bridgehead atoms. The Morgan fingerprint density at radius 3 is 2.95 bits per heavy atom. The third-order valence-electron chi connectivity index (χ3n) is 4.77. The summed E-state index contributed by atoms with van der Waals surface area (Å²) in [5.41, 5.74) is 1.41. The van der Waals surface area contributed by atoms with Gasteiger partial charge in [-0.15, -0.1) is 11.3 Å². The molecule has 1 N–H and O–H groups in total. The molecule has 22 heavy (non-hydrogen) atoms. The molecule has 4 rings (SSSR count). The molecule has 0 saturated carbocycles. The van der Waals surface area contributed by atoms with E-state index < -0.39 is 0 Å². The van der Waals surface area contributed by atoms with Crippen LogP contribution in [0, 0.1) is 5.92 Å². The lowest BCUT2D eigenvalue weighted by Gasteiger charge is -2.23. The van der Waals surface area contributed by atoms with E-state index in [2.05, 4.69) is 11.9 Å². The molecule has 2 aliphatic rings. The zero-order chi connectivity index (χ0) is 15.1. The van der Waals surface area contributed by atoms with Gasteiger partial charge in [0.1, 0.15) is 29.6 Å². The Hall–Kier alpha value is -0.750. The minimum Gasteiger partial charge on any atom is -0.370 e. The summed E-state index contributed by atoms with van der Waals surface area (Å²) in [5, 5.41) is 1.77. The molecule has 2 aromatic rings. The van der Waals surface area contributed by atoms with Crippen molar-refractivity contribution < 1.29 is 9.64 Å². The topological polar surface area (TPSA) is 39.5 Å². The minimum absolute atomic E-state index is 0.653. The number of ether oxygens (including phenoxy) is 1. The largest absolute Gasteiger partial charge is 0.370 e. The summed E-state index contributed by atoms with van der Waals surface area (Å²) in [4.78, 5) is 13.5. The summed E-state index contributed by atoms with van der Waals surface area (Å²) < 4.78 is 5.41. The summed E-state index contributed by atoms with van der Waals surface area (Å²) in [7, 11) is 0. The molecule has 0 unspecified atom stereocenters. The molecule has 6 heteroatoms. The van der Waals surface area contributed by atoms with Crippen molar-refractivity contribution in [2.45, 2.75) is 32.7 Å². The van der Waals surface area contributed by atoms with Crippen LogP contribution in [0.1, 0.15) is 29.6 Å². The summed E-state index contributed by atoms with van der Waals surface area (Å²) >= 11 is 8.34. The number of thiophene rings is 1. The molecule has 3 heterocycles. The summed E-state index contributed by atoms with van der Waals surface area (Å²) in [5.74, 6) is 1.64. The molecule has 0 aromatic carbocycles. The molecule has 1 fully saturated rings. The number of fused-ring (bicyclic) bond motifs is 3. The van der Waals surface area contributed by atoms with Gasteiger partial charge in [0.15, 0.2) is 5.82 Å². The lowest BCUT2D eigenvalue weighted by molar-refractivity contribution is -0.922. The molecule has 1 aliphatic carbocycles. The second kappa shape index (κ2) is 6.04. The molecular weight excluding hydrogens is 318 g/mol. The molecule has 4 nitrogen and oxygen atoms in total. The van der Waals surface area contributed by atoms with Crippen molar-refractivity contribution in [3.63, 3.8) is 0 Å². The van der Waals surface area contributed by atoms with Gasteiger partial charge in [-0.2, -0.15) is 0 Å². The molecule has 0 spiro atoms. The maximum atomic E-state index is 6.52. The Kier molecular flexibility index (Phi) is 4.07. The van der Waals surface area contributed by atoms with Crippen LogP contribution >= 0.6 is 22.9 Å². The van der Waals surface area contributed by atoms with Crippen LogP contribution in [0.3, 0.4) is 0 Å². The number of aromatic nitrogens is 2. The fourth-order valence-corrected chi connectivity index (χ4v) is 5.24. The second-order valence-corrected chi connectivity index (χ2v) is 7.94. The molecular formula is C16H21ClN3OS+. The number of nitrogens with zero attached hydrogens (tertiary/aromatic N) is 2. The highest BCUT2D eigenvalue weighted by Gasteiger charge is 2.24. The SMILES string of the molecule is C[C@@H]1CCc2c(sc3nc(C[NH+]4CCOCC4)nc(Cl)c23)C1.